The maximum Gasteiger partial charge on any atom is 0.256 e. The van der Waals surface area contributed by atoms with Crippen LogP contribution in [0.2, 0.25) is 0 Å². The maximum atomic E-state index is 13.3. The first kappa shape index (κ1) is 17.9. The van der Waals surface area contributed by atoms with Crippen LogP contribution in [-0.2, 0) is 0 Å². The first-order valence-electron chi connectivity index (χ1n) is 9.05. The molecule has 4 rings (SSSR count). The van der Waals surface area contributed by atoms with E-state index in [0.717, 1.165) is 27.7 Å². The zero-order valence-electron chi connectivity index (χ0n) is 15.7. The van der Waals surface area contributed by atoms with E-state index in [0.29, 0.717) is 11.3 Å². The molecule has 0 aliphatic carbocycles. The molecule has 0 unspecified atom stereocenters. The molecule has 4 aromatic rings. The number of aromatic nitrogens is 1. The fraction of sp³-hybridized carbons (Fsp3) is 0.0833. The third kappa shape index (κ3) is 3.49. The van der Waals surface area contributed by atoms with E-state index in [2.05, 4.69) is 10.3 Å². The van der Waals surface area contributed by atoms with Gasteiger partial charge in [0.2, 0.25) is 0 Å². The van der Waals surface area contributed by atoms with Crippen molar-refractivity contribution in [3.63, 3.8) is 0 Å². The van der Waals surface area contributed by atoms with Gasteiger partial charge in [0.15, 0.2) is 0 Å². The van der Waals surface area contributed by atoms with Gasteiger partial charge in [-0.05, 0) is 73.5 Å². The summed E-state index contributed by atoms with van der Waals surface area (Å²) in [5.74, 6) is -0.512. The fourth-order valence-corrected chi connectivity index (χ4v) is 3.15. The van der Waals surface area contributed by atoms with Crippen LogP contribution in [0.1, 0.15) is 21.5 Å². The number of nitrogens with one attached hydrogen (secondary N) is 1. The lowest BCUT2D eigenvalue weighted by Gasteiger charge is -2.12. The van der Waals surface area contributed by atoms with Gasteiger partial charge in [0.1, 0.15) is 5.82 Å². The van der Waals surface area contributed by atoms with Crippen molar-refractivity contribution in [3.05, 3.63) is 95.3 Å². The van der Waals surface area contributed by atoms with Crippen LogP contribution in [0.3, 0.4) is 0 Å². The fourth-order valence-electron chi connectivity index (χ4n) is 3.15. The van der Waals surface area contributed by atoms with E-state index < -0.39 is 0 Å². The molecule has 3 nitrogen and oxygen atoms in total. The number of fused-ring (bicyclic) bond motifs is 1. The third-order valence-corrected chi connectivity index (χ3v) is 4.87. The number of rotatable bonds is 3. The van der Waals surface area contributed by atoms with E-state index in [-0.39, 0.29) is 11.7 Å². The molecule has 138 valence electrons. The van der Waals surface area contributed by atoms with E-state index in [1.54, 1.807) is 18.2 Å². The third-order valence-electron chi connectivity index (χ3n) is 4.87. The van der Waals surface area contributed by atoms with Crippen molar-refractivity contribution >= 4 is 22.5 Å². The predicted molar refractivity (Wildman–Crippen MR) is 111 cm³/mol. The average Bonchev–Trinajstić information content (AvgIpc) is 2.70. The summed E-state index contributed by atoms with van der Waals surface area (Å²) in [4.78, 5) is 17.7. The van der Waals surface area contributed by atoms with Crippen molar-refractivity contribution in [1.82, 2.24) is 4.98 Å². The largest absolute Gasteiger partial charge is 0.322 e. The number of halogens is 1. The molecule has 0 saturated heterocycles. The van der Waals surface area contributed by atoms with Gasteiger partial charge in [-0.25, -0.2) is 9.37 Å². The molecule has 0 saturated carbocycles. The van der Waals surface area contributed by atoms with E-state index in [4.69, 9.17) is 0 Å². The zero-order valence-corrected chi connectivity index (χ0v) is 15.7. The second kappa shape index (κ2) is 7.24. The lowest BCUT2D eigenvalue weighted by Crippen LogP contribution is -2.13. The minimum atomic E-state index is -0.308. The van der Waals surface area contributed by atoms with Crippen LogP contribution >= 0.6 is 0 Å². The Morgan fingerprint density at radius 3 is 2.39 bits per heavy atom. The second-order valence-corrected chi connectivity index (χ2v) is 6.83. The Bertz CT molecular complexity index is 1180. The number of nitrogens with zero attached hydrogens (tertiary/aromatic N) is 1. The molecule has 1 N–H and O–H groups in total. The standard InChI is InChI=1S/C24H19FN2O/c1-15-7-12-19(13-16(15)2)26-24(28)21-14-23(17-8-10-18(25)11-9-17)27-22-6-4-3-5-20(21)22/h3-14H,1-2H3,(H,26,28). The Hall–Kier alpha value is -3.53. The second-order valence-electron chi connectivity index (χ2n) is 6.83. The van der Waals surface area contributed by atoms with E-state index in [1.165, 1.54) is 17.7 Å². The lowest BCUT2D eigenvalue weighted by atomic mass is 10.0. The Labute approximate surface area is 162 Å². The van der Waals surface area contributed by atoms with Crippen LogP contribution in [0, 0.1) is 19.7 Å². The molecular formula is C24H19FN2O. The number of para-hydroxylation sites is 1. The van der Waals surface area contributed by atoms with Crippen LogP contribution in [0.4, 0.5) is 10.1 Å². The highest BCUT2D eigenvalue weighted by molar-refractivity contribution is 6.13. The monoisotopic (exact) mass is 370 g/mol. The van der Waals surface area contributed by atoms with Crippen LogP contribution in [-0.4, -0.2) is 10.9 Å². The molecule has 1 aromatic heterocycles. The summed E-state index contributed by atoms with van der Waals surface area (Å²) < 4.78 is 13.3. The van der Waals surface area contributed by atoms with Crippen LogP contribution < -0.4 is 5.32 Å². The van der Waals surface area contributed by atoms with Crippen LogP contribution in [0.5, 0.6) is 0 Å². The van der Waals surface area contributed by atoms with Gasteiger partial charge in [-0.15, -0.1) is 0 Å². The molecule has 0 aliphatic heterocycles. The summed E-state index contributed by atoms with van der Waals surface area (Å²) >= 11 is 0. The normalized spacial score (nSPS) is 10.8. The summed E-state index contributed by atoms with van der Waals surface area (Å²) in [6.45, 7) is 4.05. The van der Waals surface area contributed by atoms with Gasteiger partial charge < -0.3 is 5.32 Å². The minimum Gasteiger partial charge on any atom is -0.322 e. The first-order valence-corrected chi connectivity index (χ1v) is 9.05. The summed E-state index contributed by atoms with van der Waals surface area (Å²) in [7, 11) is 0. The van der Waals surface area contributed by atoms with Gasteiger partial charge in [0.25, 0.3) is 5.91 Å². The Balaban J connectivity index is 1.79. The molecule has 0 atom stereocenters. The van der Waals surface area contributed by atoms with Crippen molar-refractivity contribution < 1.29 is 9.18 Å². The number of pyridine rings is 1. The van der Waals surface area contributed by atoms with Gasteiger partial charge in [0, 0.05) is 16.6 Å². The number of hydrogen-bond acceptors (Lipinski definition) is 2. The molecule has 0 spiro atoms. The predicted octanol–water partition coefficient (Wildman–Crippen LogP) is 5.91. The summed E-state index contributed by atoms with van der Waals surface area (Å²) in [6.07, 6.45) is 0. The quantitative estimate of drug-likeness (QED) is 0.487. The molecule has 28 heavy (non-hydrogen) atoms. The molecule has 0 bridgehead atoms. The number of amides is 1. The molecular weight excluding hydrogens is 351 g/mol. The topological polar surface area (TPSA) is 42.0 Å². The smallest absolute Gasteiger partial charge is 0.256 e. The Morgan fingerprint density at radius 2 is 1.64 bits per heavy atom. The summed E-state index contributed by atoms with van der Waals surface area (Å²) in [5, 5.41) is 3.75. The highest BCUT2D eigenvalue weighted by Gasteiger charge is 2.14. The van der Waals surface area contributed by atoms with E-state index in [9.17, 15) is 9.18 Å². The Kier molecular flexibility index (Phi) is 4.62. The minimum absolute atomic E-state index is 0.204. The molecule has 1 heterocycles. The van der Waals surface area contributed by atoms with Gasteiger partial charge >= 0.3 is 0 Å². The highest BCUT2D eigenvalue weighted by atomic mass is 19.1. The summed E-state index contributed by atoms with van der Waals surface area (Å²) in [5.41, 5.74) is 5.67. The molecule has 4 heteroatoms. The van der Waals surface area contributed by atoms with Crippen molar-refractivity contribution in [2.75, 3.05) is 5.32 Å². The number of carbonyl (C=O) groups is 1. The highest BCUT2D eigenvalue weighted by Crippen LogP contribution is 2.26. The number of anilines is 1. The molecule has 1 amide bonds. The molecule has 3 aromatic carbocycles. The van der Waals surface area contributed by atoms with E-state index >= 15 is 0 Å². The number of aryl methyl sites for hydroxylation is 2. The van der Waals surface area contributed by atoms with Gasteiger partial charge in [0.05, 0.1) is 16.8 Å². The van der Waals surface area contributed by atoms with E-state index in [1.807, 2.05) is 56.3 Å². The number of carbonyl (C=O) groups excluding carboxylic acids is 1. The zero-order chi connectivity index (χ0) is 19.7. The number of hydrogen-bond donors (Lipinski definition) is 1. The molecule has 0 radical (unpaired) electrons. The van der Waals surface area contributed by atoms with Crippen LogP contribution in [0.15, 0.2) is 72.8 Å². The first-order chi connectivity index (χ1) is 13.5. The van der Waals surface area contributed by atoms with Gasteiger partial charge in [-0.3, -0.25) is 4.79 Å². The van der Waals surface area contributed by atoms with Crippen LogP contribution in [0.25, 0.3) is 22.2 Å². The molecule has 0 fully saturated rings. The molecule has 0 aliphatic rings. The van der Waals surface area contributed by atoms with Crippen molar-refractivity contribution in [2.45, 2.75) is 13.8 Å². The SMILES string of the molecule is Cc1ccc(NC(=O)c2cc(-c3ccc(F)cc3)nc3ccccc23)cc1C. The van der Waals surface area contributed by atoms with Crippen molar-refractivity contribution in [1.29, 1.82) is 0 Å². The Morgan fingerprint density at radius 1 is 0.893 bits per heavy atom. The van der Waals surface area contributed by atoms with Crippen molar-refractivity contribution in [2.24, 2.45) is 0 Å². The summed E-state index contributed by atoms with van der Waals surface area (Å²) in [6, 6.07) is 21.2. The van der Waals surface area contributed by atoms with Crippen molar-refractivity contribution in [3.8, 4) is 11.3 Å². The average molecular weight is 370 g/mol. The number of benzene rings is 3. The van der Waals surface area contributed by atoms with Gasteiger partial charge in [-0.1, -0.05) is 24.3 Å². The lowest BCUT2D eigenvalue weighted by molar-refractivity contribution is 0.102. The van der Waals surface area contributed by atoms with Gasteiger partial charge in [-0.2, -0.15) is 0 Å². The maximum absolute atomic E-state index is 13.3.